The van der Waals surface area contributed by atoms with E-state index in [1.165, 1.54) is 172 Å². The summed E-state index contributed by atoms with van der Waals surface area (Å²) in [6.07, 6.45) is 0. The molecule has 0 fully saturated rings. The lowest BCUT2D eigenvalue weighted by Gasteiger charge is -2.35. The number of nitrogens with zero attached hydrogens (tertiary/aromatic N) is 3. The Morgan fingerprint density at radius 3 is 0.776 bits per heavy atom. The highest BCUT2D eigenvalue weighted by Gasteiger charge is 2.47. The van der Waals surface area contributed by atoms with Crippen LogP contribution >= 0.6 is 0 Å². The van der Waals surface area contributed by atoms with Crippen LogP contribution in [0.5, 0.6) is 0 Å². The van der Waals surface area contributed by atoms with Crippen molar-refractivity contribution >= 4 is 51.2 Å². The number of hydrogen-bond donors (Lipinski definition) is 0. The van der Waals surface area contributed by atoms with Gasteiger partial charge in [0.2, 0.25) is 0 Å². The van der Waals surface area contributed by atoms with Gasteiger partial charge in [0.25, 0.3) is 0 Å². The summed E-state index contributed by atoms with van der Waals surface area (Å²) in [5.41, 5.74) is 48.5. The van der Waals surface area contributed by atoms with E-state index < -0.39 is 5.41 Å². The summed E-state index contributed by atoms with van der Waals surface area (Å²) in [7, 11) is 0. The van der Waals surface area contributed by atoms with Crippen molar-refractivity contribution in [3.8, 4) is 122 Å². The first-order valence-electron chi connectivity index (χ1n) is 49.7. The number of fused-ring (bicyclic) bond motifs is 9. The molecule has 0 heterocycles. The van der Waals surface area contributed by atoms with Gasteiger partial charge in [0.1, 0.15) is 0 Å². The molecule has 0 aliphatic heterocycles. The van der Waals surface area contributed by atoms with Crippen molar-refractivity contribution in [1.82, 2.24) is 0 Å². The molecule has 0 aromatic heterocycles. The van der Waals surface area contributed by atoms with E-state index >= 15 is 0 Å². The second-order valence-corrected chi connectivity index (χ2v) is 38.7. The second-order valence-electron chi connectivity index (χ2n) is 38.7. The minimum absolute atomic E-state index is 0.0589. The maximum absolute atomic E-state index is 2.47. The molecule has 0 bridgehead atoms. The maximum Gasteiger partial charge on any atom is 0.0714 e. The average molecular weight is 1830 g/mol. The molecule has 1 unspecified atom stereocenters. The van der Waals surface area contributed by atoms with E-state index in [0.717, 1.165) is 51.2 Å². The van der Waals surface area contributed by atoms with Crippen LogP contribution < -0.4 is 14.7 Å². The van der Waals surface area contributed by atoms with Crippen LogP contribution in [0.4, 0.5) is 51.2 Å². The summed E-state index contributed by atoms with van der Waals surface area (Å²) < 4.78 is 0. The first kappa shape index (κ1) is 89.2. The summed E-state index contributed by atoms with van der Waals surface area (Å²) in [6, 6.07) is 203. The predicted molar refractivity (Wildman–Crippen MR) is 604 cm³/mol. The summed E-state index contributed by atoms with van der Waals surface area (Å²) in [6.45, 7) is 11.6. The monoisotopic (exact) mass is 1830 g/mol. The number of benzene rings is 22. The van der Waals surface area contributed by atoms with Crippen LogP contribution in [-0.2, 0) is 16.2 Å². The average Bonchev–Trinajstić information content (AvgIpc) is 1.53. The second kappa shape index (κ2) is 38.6. The van der Waals surface area contributed by atoms with Crippen LogP contribution in [0.25, 0.3) is 122 Å². The fraction of sp³-hybridized carbons (Fsp3) is 0.0571. The van der Waals surface area contributed by atoms with Gasteiger partial charge in [-0.05, 0) is 277 Å². The topological polar surface area (TPSA) is 9.72 Å². The minimum atomic E-state index is -0.593. The standard InChI is InChI=1S/C62H45N.2C39H31N/c1-44-25-34-54(35-26-44)62(53-22-12-5-13-23-53)60-42-52(50-29-27-48(28-30-50)45-15-6-2-7-16-45)33-39-58(60)59-40-38-57(43-61(59)62)63(55-36-31-49(32-37-55)46-17-8-3-9-18-46)56-24-14-21-51(41-56)47-19-10-4-11-20-47;1-39(2)36-19-11-9-18-34(36)35-26-25-32(27-37(35)39)40(31-23-21-29(22-24-31)28-13-5-3-6-14-28)38-20-12-10-17-33(38)30-15-7-4-8-16-30;1-39(2)37-19-10-9-18-35(37)36-25-24-34(27-38(36)39)40(32-22-20-30(21-23-32)28-12-5-3-6-13-28)33-17-11-16-31(26-33)29-14-7-4-8-15-29/h2-43H,1H3;2*3-27H,1-2H3. The van der Waals surface area contributed by atoms with Crippen LogP contribution in [0.2, 0.25) is 0 Å². The molecule has 22 aromatic carbocycles. The molecule has 25 rings (SSSR count). The van der Waals surface area contributed by atoms with E-state index in [1.54, 1.807) is 0 Å². The highest BCUT2D eigenvalue weighted by Crippen LogP contribution is 2.60. The molecule has 0 amide bonds. The van der Waals surface area contributed by atoms with Crippen molar-refractivity contribution in [1.29, 1.82) is 0 Å². The maximum atomic E-state index is 2.47. The van der Waals surface area contributed by atoms with Crippen LogP contribution in [0.1, 0.15) is 77.8 Å². The molecule has 1 atom stereocenters. The van der Waals surface area contributed by atoms with Crippen molar-refractivity contribution in [3.63, 3.8) is 0 Å². The third-order valence-corrected chi connectivity index (χ3v) is 29.4. The smallest absolute Gasteiger partial charge is 0.0714 e. The third-order valence-electron chi connectivity index (χ3n) is 29.4. The molecule has 143 heavy (non-hydrogen) atoms. The zero-order valence-corrected chi connectivity index (χ0v) is 81.0. The molecule has 0 saturated heterocycles. The molecule has 0 radical (unpaired) electrons. The van der Waals surface area contributed by atoms with E-state index in [2.05, 4.69) is 607 Å². The number of aryl methyl sites for hydroxylation is 1. The van der Waals surface area contributed by atoms with Crippen molar-refractivity contribution in [2.24, 2.45) is 0 Å². The number of hydrogen-bond acceptors (Lipinski definition) is 3. The molecular weight excluding hydrogens is 1720 g/mol. The summed E-state index contributed by atoms with van der Waals surface area (Å²) in [5.74, 6) is 0. The van der Waals surface area contributed by atoms with E-state index in [9.17, 15) is 0 Å². The zero-order chi connectivity index (χ0) is 96.4. The quantitative estimate of drug-likeness (QED) is 0.0799. The van der Waals surface area contributed by atoms with E-state index in [-0.39, 0.29) is 10.8 Å². The predicted octanol–water partition coefficient (Wildman–Crippen LogP) is 38.1. The lowest BCUT2D eigenvalue weighted by molar-refractivity contribution is 0.660. The number of anilines is 9. The van der Waals surface area contributed by atoms with Crippen LogP contribution in [0, 0.1) is 6.92 Å². The summed E-state index contributed by atoms with van der Waals surface area (Å²) >= 11 is 0. The van der Waals surface area contributed by atoms with Crippen molar-refractivity contribution in [2.75, 3.05) is 14.7 Å². The highest BCUT2D eigenvalue weighted by atomic mass is 15.2. The first-order chi connectivity index (χ1) is 70.3. The van der Waals surface area contributed by atoms with Gasteiger partial charge >= 0.3 is 0 Å². The third kappa shape index (κ3) is 17.1. The number of rotatable bonds is 19. The van der Waals surface area contributed by atoms with Crippen LogP contribution in [0.15, 0.2) is 558 Å². The molecule has 3 aliphatic carbocycles. The Morgan fingerprint density at radius 2 is 0.378 bits per heavy atom. The molecule has 3 aliphatic rings. The lowest BCUT2D eigenvalue weighted by atomic mass is 9.67. The molecule has 22 aromatic rings. The fourth-order valence-electron chi connectivity index (χ4n) is 22.1. The van der Waals surface area contributed by atoms with E-state index in [4.69, 9.17) is 0 Å². The minimum Gasteiger partial charge on any atom is -0.310 e. The van der Waals surface area contributed by atoms with Gasteiger partial charge < -0.3 is 14.7 Å². The molecule has 0 spiro atoms. The SMILES string of the molecule is CC1(C)c2ccccc2-c2ccc(N(c3ccc(-c4ccccc4)cc3)c3cccc(-c4ccccc4)c3)cc21.CC1(C)c2ccccc2-c2ccc(N(c3ccc(-c4ccccc4)cc3)c3ccccc3-c3ccccc3)cc21.Cc1ccc(C2(c3ccccc3)c3cc(-c4ccc(-c5ccccc5)cc4)ccc3-c3ccc(N(c4ccc(-c5ccccc5)cc4)c4cccc(-c5ccccc5)c4)cc32)cc1. The Labute approximate surface area is 841 Å². The highest BCUT2D eigenvalue weighted by molar-refractivity contribution is 5.96. The fourth-order valence-corrected chi connectivity index (χ4v) is 22.1. The van der Waals surface area contributed by atoms with Gasteiger partial charge in [0.15, 0.2) is 0 Å². The molecule has 682 valence electrons. The largest absolute Gasteiger partial charge is 0.310 e. The van der Waals surface area contributed by atoms with Crippen LogP contribution in [0.3, 0.4) is 0 Å². The van der Waals surface area contributed by atoms with E-state index in [1.807, 2.05) is 0 Å². The zero-order valence-electron chi connectivity index (χ0n) is 81.0. The van der Waals surface area contributed by atoms with Crippen molar-refractivity contribution in [3.05, 3.63) is 608 Å². The van der Waals surface area contributed by atoms with Crippen LogP contribution in [-0.4, -0.2) is 0 Å². The number of para-hydroxylation sites is 1. The normalized spacial score (nSPS) is 13.3. The Morgan fingerprint density at radius 1 is 0.140 bits per heavy atom. The van der Waals surface area contributed by atoms with Crippen molar-refractivity contribution < 1.29 is 0 Å². The molecular formula is C140H107N3. The Bertz CT molecular complexity index is 8300. The van der Waals surface area contributed by atoms with Gasteiger partial charge in [-0.3, -0.25) is 0 Å². The molecule has 3 heteroatoms. The lowest BCUT2D eigenvalue weighted by Crippen LogP contribution is -2.29. The van der Waals surface area contributed by atoms with E-state index in [0.29, 0.717) is 0 Å². The Kier molecular flexibility index (Phi) is 24.0. The molecule has 0 N–H and O–H groups in total. The van der Waals surface area contributed by atoms with Gasteiger partial charge in [-0.15, -0.1) is 0 Å². The van der Waals surface area contributed by atoms with Gasteiger partial charge in [0, 0.05) is 61.9 Å². The molecule has 3 nitrogen and oxygen atoms in total. The van der Waals surface area contributed by atoms with Gasteiger partial charge in [-0.2, -0.15) is 0 Å². The van der Waals surface area contributed by atoms with Gasteiger partial charge in [0.05, 0.1) is 11.1 Å². The summed E-state index contributed by atoms with van der Waals surface area (Å²) in [4.78, 5) is 7.23. The summed E-state index contributed by atoms with van der Waals surface area (Å²) in [5, 5.41) is 0. The first-order valence-corrected chi connectivity index (χ1v) is 49.7. The van der Waals surface area contributed by atoms with Gasteiger partial charge in [-0.1, -0.05) is 482 Å². The van der Waals surface area contributed by atoms with Crippen molar-refractivity contribution in [2.45, 2.75) is 50.9 Å². The molecule has 0 saturated carbocycles. The Hall–Kier alpha value is -17.8. The van der Waals surface area contributed by atoms with Gasteiger partial charge in [-0.25, -0.2) is 0 Å². The Balaban J connectivity index is 0.000000124.